The predicted molar refractivity (Wildman–Crippen MR) is 111 cm³/mol. The molecule has 2 aromatic carbocycles. The summed E-state index contributed by atoms with van der Waals surface area (Å²) in [4.78, 5) is 17.5. The number of halogens is 1. The van der Waals surface area contributed by atoms with Crippen LogP contribution in [0.15, 0.2) is 52.1 Å². The van der Waals surface area contributed by atoms with Crippen LogP contribution in [0.3, 0.4) is 0 Å². The summed E-state index contributed by atoms with van der Waals surface area (Å²) in [5.74, 6) is 5.79. The number of imidazole rings is 1. The second-order valence-electron chi connectivity index (χ2n) is 6.16. The maximum Gasteiger partial charge on any atom is 0.293 e. The Balaban J connectivity index is 1.86. The molecule has 0 bridgehead atoms. The van der Waals surface area contributed by atoms with Gasteiger partial charge in [0.05, 0.1) is 30.9 Å². The van der Waals surface area contributed by atoms with E-state index in [1.807, 2.05) is 30.3 Å². The van der Waals surface area contributed by atoms with Gasteiger partial charge in [-0.25, -0.2) is 9.67 Å². The van der Waals surface area contributed by atoms with E-state index in [2.05, 4.69) is 43.9 Å². The molecule has 2 heterocycles. The second-order valence-corrected chi connectivity index (χ2v) is 6.87. The molecule has 6 nitrogen and oxygen atoms in total. The fourth-order valence-corrected chi connectivity index (χ4v) is 3.72. The Hall–Kier alpha value is -3.42. The van der Waals surface area contributed by atoms with E-state index in [9.17, 15) is 10.1 Å². The molecule has 4 rings (SSSR count). The van der Waals surface area contributed by atoms with Crippen molar-refractivity contribution in [2.75, 3.05) is 0 Å². The zero-order valence-electron chi connectivity index (χ0n) is 15.0. The molecule has 0 radical (unpaired) electrons. The monoisotopic (exact) mass is 431 g/mol. The zero-order valence-corrected chi connectivity index (χ0v) is 16.6. The normalized spacial score (nSPS) is 10.6. The maximum atomic E-state index is 13.1. The summed E-state index contributed by atoms with van der Waals surface area (Å²) in [5.41, 5.74) is 2.28. The number of benzene rings is 2. The van der Waals surface area contributed by atoms with Crippen LogP contribution in [-0.4, -0.2) is 19.3 Å². The smallest absolute Gasteiger partial charge is 0.293 e. The lowest BCUT2D eigenvalue weighted by molar-refractivity contribution is 0.645. The highest BCUT2D eigenvalue weighted by Gasteiger charge is 2.15. The van der Waals surface area contributed by atoms with Crippen molar-refractivity contribution in [1.82, 2.24) is 19.3 Å². The fraction of sp³-hybridized carbons (Fsp3) is 0.143. The molecule has 0 aliphatic heterocycles. The van der Waals surface area contributed by atoms with Crippen molar-refractivity contribution < 1.29 is 0 Å². The molecule has 28 heavy (non-hydrogen) atoms. The van der Waals surface area contributed by atoms with Crippen LogP contribution in [0.25, 0.3) is 21.8 Å². The van der Waals surface area contributed by atoms with E-state index in [0.717, 1.165) is 16.3 Å². The molecular weight excluding hydrogens is 418 g/mol. The summed E-state index contributed by atoms with van der Waals surface area (Å²) in [7, 11) is 0. The third-order valence-corrected chi connectivity index (χ3v) is 5.18. The molecule has 0 aliphatic rings. The van der Waals surface area contributed by atoms with Crippen LogP contribution in [-0.2, 0) is 13.1 Å². The Kier molecular flexibility index (Phi) is 4.68. The Morgan fingerprint density at radius 1 is 1.18 bits per heavy atom. The maximum absolute atomic E-state index is 13.1. The van der Waals surface area contributed by atoms with E-state index in [1.54, 1.807) is 23.8 Å². The third kappa shape index (κ3) is 2.96. The summed E-state index contributed by atoms with van der Waals surface area (Å²) < 4.78 is 3.70. The number of aromatic nitrogens is 4. The Morgan fingerprint density at radius 2 is 1.96 bits per heavy atom. The molecule has 0 aliphatic carbocycles. The van der Waals surface area contributed by atoms with Crippen molar-refractivity contribution in [3.63, 3.8) is 0 Å². The van der Waals surface area contributed by atoms with Gasteiger partial charge in [-0.3, -0.25) is 4.79 Å². The third-order valence-electron chi connectivity index (χ3n) is 4.57. The molecule has 2 aromatic heterocycles. The van der Waals surface area contributed by atoms with Gasteiger partial charge in [-0.15, -0.1) is 5.92 Å². The van der Waals surface area contributed by atoms with Gasteiger partial charge < -0.3 is 4.57 Å². The van der Waals surface area contributed by atoms with Gasteiger partial charge in [-0.1, -0.05) is 36.3 Å². The van der Waals surface area contributed by atoms with E-state index in [4.69, 9.17) is 0 Å². The molecule has 0 saturated carbocycles. The topological polar surface area (TPSA) is 76.5 Å². The first-order chi connectivity index (χ1) is 13.6. The lowest BCUT2D eigenvalue weighted by Crippen LogP contribution is -2.25. The fourth-order valence-electron chi connectivity index (χ4n) is 3.23. The zero-order chi connectivity index (χ0) is 19.7. The summed E-state index contributed by atoms with van der Waals surface area (Å²) in [6, 6.07) is 13.5. The van der Waals surface area contributed by atoms with Gasteiger partial charge in [0.2, 0.25) is 0 Å². The lowest BCUT2D eigenvalue weighted by atomic mass is 10.00. The van der Waals surface area contributed by atoms with E-state index in [0.29, 0.717) is 34.4 Å². The molecule has 0 amide bonds. The van der Waals surface area contributed by atoms with Gasteiger partial charge in [0.1, 0.15) is 11.0 Å². The first-order valence-electron chi connectivity index (χ1n) is 8.56. The number of rotatable bonds is 3. The second kappa shape index (κ2) is 7.30. The molecule has 0 atom stereocenters. The summed E-state index contributed by atoms with van der Waals surface area (Å²) in [5, 5.41) is 15.4. The van der Waals surface area contributed by atoms with Gasteiger partial charge in [-0.2, -0.15) is 10.4 Å². The minimum Gasteiger partial charge on any atom is -0.302 e. The molecular formula is C21H14BrN5O. The van der Waals surface area contributed by atoms with Crippen LogP contribution in [0.1, 0.15) is 18.1 Å². The molecule has 0 fully saturated rings. The van der Waals surface area contributed by atoms with Crippen LogP contribution >= 0.6 is 15.9 Å². The summed E-state index contributed by atoms with van der Waals surface area (Å²) in [6.45, 7) is 2.42. The molecule has 4 aromatic rings. The van der Waals surface area contributed by atoms with Crippen molar-refractivity contribution in [2.24, 2.45) is 0 Å². The van der Waals surface area contributed by atoms with E-state index >= 15 is 0 Å². The van der Waals surface area contributed by atoms with Crippen molar-refractivity contribution >= 4 is 37.7 Å². The molecule has 0 unspecified atom stereocenters. The standard InChI is InChI=1S/C21H14BrN5O/c1-2-3-10-26-19-18(25-21(26)22)12-24-27(20(19)28)13-15-9-8-14(11-23)16-6-4-5-7-17(15)16/h4-9,12H,10,13H2,1H3. The van der Waals surface area contributed by atoms with Crippen LogP contribution in [0.5, 0.6) is 0 Å². The van der Waals surface area contributed by atoms with E-state index < -0.39 is 0 Å². The van der Waals surface area contributed by atoms with Crippen molar-refractivity contribution in [3.05, 3.63) is 68.8 Å². The van der Waals surface area contributed by atoms with Crippen LogP contribution in [0.4, 0.5) is 0 Å². The average molecular weight is 432 g/mol. The minimum absolute atomic E-state index is 0.234. The number of hydrogen-bond donors (Lipinski definition) is 0. The summed E-state index contributed by atoms with van der Waals surface area (Å²) in [6.07, 6.45) is 1.59. The SMILES string of the molecule is CC#CCn1c(Br)nc2cnn(Cc3ccc(C#N)c4ccccc34)c(=O)c21. The predicted octanol–water partition coefficient (Wildman–Crippen LogP) is 3.45. The first-order valence-corrected chi connectivity index (χ1v) is 9.35. The molecule has 0 N–H and O–H groups in total. The van der Waals surface area contributed by atoms with E-state index in [-0.39, 0.29) is 5.56 Å². The van der Waals surface area contributed by atoms with Gasteiger partial charge >= 0.3 is 0 Å². The molecule has 0 spiro atoms. The van der Waals surface area contributed by atoms with Crippen molar-refractivity contribution in [1.29, 1.82) is 5.26 Å². The molecule has 136 valence electrons. The molecule has 7 heteroatoms. The average Bonchev–Trinajstić information content (AvgIpc) is 3.04. The van der Waals surface area contributed by atoms with Crippen LogP contribution < -0.4 is 5.56 Å². The van der Waals surface area contributed by atoms with Gasteiger partial charge in [-0.05, 0) is 45.3 Å². The number of nitrogens with zero attached hydrogens (tertiary/aromatic N) is 5. The van der Waals surface area contributed by atoms with Gasteiger partial charge in [0, 0.05) is 0 Å². The first kappa shape index (κ1) is 18.0. The van der Waals surface area contributed by atoms with Crippen LogP contribution in [0, 0.1) is 23.2 Å². The Labute approximate surface area is 169 Å². The summed E-state index contributed by atoms with van der Waals surface area (Å²) >= 11 is 3.39. The minimum atomic E-state index is -0.234. The largest absolute Gasteiger partial charge is 0.302 e. The van der Waals surface area contributed by atoms with Crippen LogP contribution in [0.2, 0.25) is 0 Å². The number of nitriles is 1. The quantitative estimate of drug-likeness (QED) is 0.465. The number of hydrogen-bond acceptors (Lipinski definition) is 4. The Bertz CT molecular complexity index is 1380. The van der Waals surface area contributed by atoms with E-state index in [1.165, 1.54) is 4.68 Å². The van der Waals surface area contributed by atoms with Gasteiger partial charge in [0.15, 0.2) is 4.73 Å². The number of fused-ring (bicyclic) bond motifs is 2. The van der Waals surface area contributed by atoms with Crippen molar-refractivity contribution in [3.8, 4) is 17.9 Å². The van der Waals surface area contributed by atoms with Gasteiger partial charge in [0.25, 0.3) is 5.56 Å². The highest BCUT2D eigenvalue weighted by atomic mass is 79.9. The lowest BCUT2D eigenvalue weighted by Gasteiger charge is -2.10. The highest BCUT2D eigenvalue weighted by molar-refractivity contribution is 9.10. The molecule has 0 saturated heterocycles. The highest BCUT2D eigenvalue weighted by Crippen LogP contribution is 2.23. The van der Waals surface area contributed by atoms with Crippen molar-refractivity contribution in [2.45, 2.75) is 20.0 Å². The Morgan fingerprint density at radius 3 is 2.71 bits per heavy atom.